The van der Waals surface area contributed by atoms with Gasteiger partial charge in [0, 0.05) is 37.0 Å². The van der Waals surface area contributed by atoms with E-state index in [-0.39, 0.29) is 11.2 Å². The molecule has 200 valence electrons. The van der Waals surface area contributed by atoms with Gasteiger partial charge in [0.2, 0.25) is 0 Å². The van der Waals surface area contributed by atoms with E-state index in [1.54, 1.807) is 18.3 Å². The van der Waals surface area contributed by atoms with Crippen molar-refractivity contribution in [2.24, 2.45) is 5.41 Å². The fourth-order valence-corrected chi connectivity index (χ4v) is 5.32. The topological polar surface area (TPSA) is 101 Å². The zero-order valence-corrected chi connectivity index (χ0v) is 22.4. The van der Waals surface area contributed by atoms with Crippen LogP contribution >= 0.6 is 11.6 Å². The maximum Gasteiger partial charge on any atom is 0.123 e. The van der Waals surface area contributed by atoms with Crippen molar-refractivity contribution >= 4 is 33.9 Å². The molecular weight excluding hydrogens is 517 g/mol. The monoisotopic (exact) mass is 545 g/mol. The number of ether oxygens (including phenoxy) is 1. The predicted octanol–water partition coefficient (Wildman–Crippen LogP) is 6.26. The predicted molar refractivity (Wildman–Crippen MR) is 148 cm³/mol. The second-order valence-corrected chi connectivity index (χ2v) is 11.2. The maximum absolute atomic E-state index is 13.8. The summed E-state index contributed by atoms with van der Waals surface area (Å²) in [6, 6.07) is 12.4. The summed E-state index contributed by atoms with van der Waals surface area (Å²) in [5.74, 6) is -0.308. The summed E-state index contributed by atoms with van der Waals surface area (Å²) < 4.78 is 21.2. The van der Waals surface area contributed by atoms with Crippen LogP contribution in [-0.2, 0) is 4.74 Å². The largest absolute Gasteiger partial charge is 0.383 e. The van der Waals surface area contributed by atoms with Gasteiger partial charge in [0.1, 0.15) is 17.6 Å². The Hall–Kier alpha value is -3.74. The third-order valence-corrected chi connectivity index (χ3v) is 7.98. The molecule has 39 heavy (non-hydrogen) atoms. The fraction of sp³-hybridized carbons (Fsp3) is 0.379. The molecule has 1 unspecified atom stereocenters. The second kappa shape index (κ2) is 10.4. The van der Waals surface area contributed by atoms with Crippen molar-refractivity contribution in [2.75, 3.05) is 30.4 Å². The number of halogens is 2. The van der Waals surface area contributed by atoms with E-state index >= 15 is 0 Å². The van der Waals surface area contributed by atoms with Gasteiger partial charge >= 0.3 is 0 Å². The van der Waals surface area contributed by atoms with E-state index < -0.39 is 6.04 Å². The van der Waals surface area contributed by atoms with Crippen LogP contribution in [0.15, 0.2) is 48.8 Å². The minimum atomic E-state index is -0.392. The first-order valence-corrected chi connectivity index (χ1v) is 13.6. The first-order valence-electron chi connectivity index (χ1n) is 13.2. The number of benzene rings is 2. The first-order chi connectivity index (χ1) is 18.9. The molecule has 1 aliphatic carbocycles. The Morgan fingerprint density at radius 2 is 2.00 bits per heavy atom. The number of nitrogens with zero attached hydrogens (tertiary/aromatic N) is 5. The Bertz CT molecular complexity index is 1540. The van der Waals surface area contributed by atoms with E-state index in [1.807, 2.05) is 23.0 Å². The van der Waals surface area contributed by atoms with Crippen LogP contribution in [0.5, 0.6) is 0 Å². The van der Waals surface area contributed by atoms with Crippen molar-refractivity contribution in [3.63, 3.8) is 0 Å². The molecule has 1 saturated heterocycles. The van der Waals surface area contributed by atoms with Gasteiger partial charge in [-0.3, -0.25) is 4.98 Å². The maximum atomic E-state index is 13.8. The van der Waals surface area contributed by atoms with Crippen molar-refractivity contribution < 1.29 is 9.13 Å². The Morgan fingerprint density at radius 1 is 1.23 bits per heavy atom. The molecule has 0 bridgehead atoms. The smallest absolute Gasteiger partial charge is 0.123 e. The Morgan fingerprint density at radius 3 is 2.72 bits per heavy atom. The van der Waals surface area contributed by atoms with Crippen LogP contribution in [0.4, 0.5) is 15.8 Å². The number of rotatable bonds is 8. The Kier molecular flexibility index (Phi) is 6.83. The quantitative estimate of drug-likeness (QED) is 0.269. The second-order valence-electron chi connectivity index (χ2n) is 10.8. The third kappa shape index (κ3) is 5.40. The number of nitriles is 1. The molecule has 0 radical (unpaired) electrons. The van der Waals surface area contributed by atoms with Gasteiger partial charge in [-0.25, -0.2) is 9.07 Å². The lowest BCUT2D eigenvalue weighted by molar-refractivity contribution is 0.0300. The zero-order chi connectivity index (χ0) is 27.0. The first kappa shape index (κ1) is 25.5. The molecule has 2 aromatic carbocycles. The molecule has 8 nitrogen and oxygen atoms in total. The van der Waals surface area contributed by atoms with Gasteiger partial charge in [0.15, 0.2) is 0 Å². The minimum absolute atomic E-state index is 0.0568. The van der Waals surface area contributed by atoms with Crippen LogP contribution in [0, 0.1) is 22.6 Å². The Balaban J connectivity index is 1.38. The van der Waals surface area contributed by atoms with E-state index in [2.05, 4.69) is 38.9 Å². The lowest BCUT2D eigenvalue weighted by atomic mass is 9.82. The summed E-state index contributed by atoms with van der Waals surface area (Å²) in [5.41, 5.74) is 4.11. The van der Waals surface area contributed by atoms with Crippen LogP contribution in [-0.4, -0.2) is 39.7 Å². The molecule has 2 N–H and O–H groups in total. The van der Waals surface area contributed by atoms with Crippen molar-refractivity contribution in [1.29, 1.82) is 5.26 Å². The summed E-state index contributed by atoms with van der Waals surface area (Å²) in [6.07, 6.45) is 7.58. The molecule has 2 aromatic heterocycles. The normalized spacial score (nSPS) is 17.5. The van der Waals surface area contributed by atoms with Gasteiger partial charge in [-0.1, -0.05) is 35.9 Å². The van der Waals surface area contributed by atoms with Crippen molar-refractivity contribution in [1.82, 2.24) is 20.0 Å². The lowest BCUT2D eigenvalue weighted by Gasteiger charge is -2.34. The third-order valence-electron chi connectivity index (χ3n) is 7.70. The number of pyridine rings is 1. The van der Waals surface area contributed by atoms with Gasteiger partial charge in [0.25, 0.3) is 0 Å². The van der Waals surface area contributed by atoms with E-state index in [0.717, 1.165) is 61.2 Å². The van der Waals surface area contributed by atoms with Gasteiger partial charge in [-0.15, -0.1) is 5.10 Å². The fourth-order valence-electron chi connectivity index (χ4n) is 5.05. The van der Waals surface area contributed by atoms with Crippen molar-refractivity contribution in [3.05, 3.63) is 76.5 Å². The Labute approximate surface area is 231 Å². The molecule has 1 saturated carbocycles. The molecule has 3 heterocycles. The van der Waals surface area contributed by atoms with Crippen LogP contribution in [0.2, 0.25) is 5.02 Å². The summed E-state index contributed by atoms with van der Waals surface area (Å²) in [7, 11) is 0. The molecule has 4 aromatic rings. The SMILES string of the molecule is CC1(CNc2c(C#N)cnc3c(Cl)cc(NC(c4ccc(F)cc4)c4cn(C5CC5)nn4)cc23)CCOCC1. The van der Waals surface area contributed by atoms with Crippen molar-refractivity contribution in [2.45, 2.75) is 44.7 Å². The molecule has 2 aliphatic rings. The van der Waals surface area contributed by atoms with Gasteiger partial charge in [0.05, 0.1) is 40.1 Å². The number of hydrogen-bond donors (Lipinski definition) is 2. The van der Waals surface area contributed by atoms with Crippen molar-refractivity contribution in [3.8, 4) is 6.07 Å². The number of hydrogen-bond acceptors (Lipinski definition) is 7. The standard InChI is InChI=1S/C29H29ClFN7O/c1-29(8-10-39-11-9-29)17-34-26-19(14-32)15-33-28-23(26)12-21(13-24(28)30)35-27(18-2-4-20(31)5-3-18)25-16-38(37-36-25)22-6-7-22/h2-5,12-13,15-16,22,27,35H,6-11,17H2,1H3,(H,33,34). The number of anilines is 2. The van der Waals surface area contributed by atoms with E-state index in [4.69, 9.17) is 16.3 Å². The average molecular weight is 546 g/mol. The van der Waals surface area contributed by atoms with Crippen LogP contribution in [0.1, 0.15) is 61.5 Å². The van der Waals surface area contributed by atoms with Crippen LogP contribution in [0.25, 0.3) is 10.9 Å². The van der Waals surface area contributed by atoms with E-state index in [1.165, 1.54) is 12.1 Å². The molecular formula is C29H29ClFN7O. The highest BCUT2D eigenvalue weighted by Gasteiger charge is 2.29. The molecule has 2 fully saturated rings. The van der Waals surface area contributed by atoms with Crippen LogP contribution < -0.4 is 10.6 Å². The highest BCUT2D eigenvalue weighted by atomic mass is 35.5. The van der Waals surface area contributed by atoms with Crippen LogP contribution in [0.3, 0.4) is 0 Å². The molecule has 1 aliphatic heterocycles. The lowest BCUT2D eigenvalue weighted by Crippen LogP contribution is -2.33. The number of fused-ring (bicyclic) bond motifs is 1. The minimum Gasteiger partial charge on any atom is -0.383 e. The molecule has 0 spiro atoms. The van der Waals surface area contributed by atoms with E-state index in [9.17, 15) is 9.65 Å². The summed E-state index contributed by atoms with van der Waals surface area (Å²) in [6.45, 7) is 4.40. The molecule has 0 amide bonds. The summed E-state index contributed by atoms with van der Waals surface area (Å²) >= 11 is 6.74. The molecule has 10 heteroatoms. The van der Waals surface area contributed by atoms with Gasteiger partial charge in [-0.2, -0.15) is 5.26 Å². The highest BCUT2D eigenvalue weighted by molar-refractivity contribution is 6.35. The number of aromatic nitrogens is 4. The highest BCUT2D eigenvalue weighted by Crippen LogP contribution is 2.38. The van der Waals surface area contributed by atoms with E-state index in [0.29, 0.717) is 34.4 Å². The summed E-state index contributed by atoms with van der Waals surface area (Å²) in [4.78, 5) is 4.49. The average Bonchev–Trinajstić information content (AvgIpc) is 3.68. The molecule has 1 atom stereocenters. The number of nitrogens with one attached hydrogen (secondary N) is 2. The zero-order valence-electron chi connectivity index (χ0n) is 21.6. The van der Waals surface area contributed by atoms with Gasteiger partial charge < -0.3 is 15.4 Å². The van der Waals surface area contributed by atoms with Gasteiger partial charge in [-0.05, 0) is 60.9 Å². The summed E-state index contributed by atoms with van der Waals surface area (Å²) in [5, 5.41) is 26.9. The molecule has 6 rings (SSSR count).